The van der Waals surface area contributed by atoms with Gasteiger partial charge in [0.05, 0.1) is 6.20 Å². The number of thiazole rings is 1. The molecule has 70 valence electrons. The first-order chi connectivity index (χ1) is 6.40. The molecule has 1 aliphatic heterocycles. The van der Waals surface area contributed by atoms with E-state index in [1.54, 1.807) is 6.20 Å². The predicted molar refractivity (Wildman–Crippen MR) is 53.6 cm³/mol. The Bertz CT molecular complexity index is 292. The van der Waals surface area contributed by atoms with Gasteiger partial charge in [0, 0.05) is 13.1 Å². The molecule has 0 bridgehead atoms. The van der Waals surface area contributed by atoms with Gasteiger partial charge in [-0.3, -0.25) is 4.79 Å². The third-order valence-electron chi connectivity index (χ3n) is 2.28. The Morgan fingerprint density at radius 3 is 2.77 bits per heavy atom. The molecule has 1 aliphatic rings. The number of carbonyl (C=O) groups excluding carboxylic acids is 1. The molecule has 0 N–H and O–H groups in total. The third-order valence-corrected chi connectivity index (χ3v) is 3.26. The minimum absolute atomic E-state index is 0.584. The van der Waals surface area contributed by atoms with Gasteiger partial charge >= 0.3 is 0 Å². The first kappa shape index (κ1) is 8.69. The van der Waals surface area contributed by atoms with E-state index in [2.05, 4.69) is 9.88 Å². The second kappa shape index (κ2) is 3.87. The predicted octanol–water partition coefficient (Wildman–Crippen LogP) is 1.95. The van der Waals surface area contributed by atoms with E-state index >= 15 is 0 Å². The number of piperidine rings is 1. The maximum absolute atomic E-state index is 10.4. The van der Waals surface area contributed by atoms with Crippen LogP contribution in [0, 0.1) is 0 Å². The van der Waals surface area contributed by atoms with Crippen LogP contribution in [0.4, 0.5) is 5.00 Å². The highest BCUT2D eigenvalue weighted by atomic mass is 32.1. The summed E-state index contributed by atoms with van der Waals surface area (Å²) in [6.07, 6.45) is 6.47. The number of hydrogen-bond acceptors (Lipinski definition) is 4. The number of aromatic nitrogens is 1. The molecule has 2 heterocycles. The number of aldehydes is 1. The molecule has 0 aliphatic carbocycles. The van der Waals surface area contributed by atoms with Crippen molar-refractivity contribution in [1.82, 2.24) is 4.98 Å². The monoisotopic (exact) mass is 196 g/mol. The number of rotatable bonds is 2. The topological polar surface area (TPSA) is 33.2 Å². The van der Waals surface area contributed by atoms with Gasteiger partial charge in [-0.15, -0.1) is 0 Å². The van der Waals surface area contributed by atoms with Gasteiger partial charge in [-0.25, -0.2) is 4.98 Å². The van der Waals surface area contributed by atoms with Gasteiger partial charge in [0.15, 0.2) is 11.3 Å². The van der Waals surface area contributed by atoms with Gasteiger partial charge in [0.1, 0.15) is 5.00 Å². The molecular weight excluding hydrogens is 184 g/mol. The molecule has 0 amide bonds. The fourth-order valence-corrected chi connectivity index (χ4v) is 2.38. The van der Waals surface area contributed by atoms with Crippen LogP contribution in [0.25, 0.3) is 0 Å². The van der Waals surface area contributed by atoms with E-state index in [4.69, 9.17) is 0 Å². The molecule has 1 saturated heterocycles. The highest BCUT2D eigenvalue weighted by molar-refractivity contribution is 7.17. The Morgan fingerprint density at radius 1 is 1.38 bits per heavy atom. The molecule has 0 radical (unpaired) electrons. The average molecular weight is 196 g/mol. The lowest BCUT2D eigenvalue weighted by Gasteiger charge is -2.26. The summed E-state index contributed by atoms with van der Waals surface area (Å²) in [6, 6.07) is 0. The summed E-state index contributed by atoms with van der Waals surface area (Å²) in [4.78, 5) is 16.8. The SMILES string of the molecule is O=Cc1ncc(N2CCCCC2)s1. The van der Waals surface area contributed by atoms with Gasteiger partial charge in [0.25, 0.3) is 0 Å². The van der Waals surface area contributed by atoms with Crippen LogP contribution in [0.3, 0.4) is 0 Å². The molecule has 3 nitrogen and oxygen atoms in total. The van der Waals surface area contributed by atoms with Gasteiger partial charge in [0.2, 0.25) is 0 Å². The zero-order chi connectivity index (χ0) is 9.10. The number of carbonyl (C=O) groups is 1. The van der Waals surface area contributed by atoms with Crippen LogP contribution in [0.2, 0.25) is 0 Å². The molecule has 13 heavy (non-hydrogen) atoms. The van der Waals surface area contributed by atoms with Crippen molar-refractivity contribution in [3.8, 4) is 0 Å². The quantitative estimate of drug-likeness (QED) is 0.678. The first-order valence-electron chi connectivity index (χ1n) is 4.56. The van der Waals surface area contributed by atoms with Gasteiger partial charge < -0.3 is 4.90 Å². The Balaban J connectivity index is 2.09. The molecule has 0 unspecified atom stereocenters. The van der Waals surface area contributed by atoms with Crippen LogP contribution in [-0.4, -0.2) is 24.4 Å². The standard InChI is InChI=1S/C9H12N2OS/c12-7-8-10-6-9(13-8)11-4-2-1-3-5-11/h6-7H,1-5H2. The van der Waals surface area contributed by atoms with Crippen LogP contribution >= 0.6 is 11.3 Å². The van der Waals surface area contributed by atoms with Crippen molar-refractivity contribution in [2.75, 3.05) is 18.0 Å². The second-order valence-electron chi connectivity index (χ2n) is 3.20. The largest absolute Gasteiger partial charge is 0.362 e. The van der Waals surface area contributed by atoms with Crippen LogP contribution in [0.1, 0.15) is 29.1 Å². The minimum atomic E-state index is 0.584. The molecular formula is C9H12N2OS. The van der Waals surface area contributed by atoms with Crippen molar-refractivity contribution >= 4 is 22.6 Å². The third kappa shape index (κ3) is 1.88. The van der Waals surface area contributed by atoms with Crippen molar-refractivity contribution in [2.24, 2.45) is 0 Å². The zero-order valence-corrected chi connectivity index (χ0v) is 8.22. The summed E-state index contributed by atoms with van der Waals surface area (Å²) in [5, 5.41) is 1.72. The average Bonchev–Trinajstić information content (AvgIpc) is 2.67. The van der Waals surface area contributed by atoms with Crippen molar-refractivity contribution in [1.29, 1.82) is 0 Å². The van der Waals surface area contributed by atoms with Crippen LogP contribution in [0.15, 0.2) is 6.20 Å². The zero-order valence-electron chi connectivity index (χ0n) is 7.40. The molecule has 4 heteroatoms. The van der Waals surface area contributed by atoms with Crippen LogP contribution in [0.5, 0.6) is 0 Å². The maximum atomic E-state index is 10.4. The number of anilines is 1. The Morgan fingerprint density at radius 2 is 2.15 bits per heavy atom. The number of hydrogen-bond donors (Lipinski definition) is 0. The van der Waals surface area contributed by atoms with Crippen molar-refractivity contribution in [3.63, 3.8) is 0 Å². The van der Waals surface area contributed by atoms with Crippen LogP contribution in [-0.2, 0) is 0 Å². The summed E-state index contributed by atoms with van der Waals surface area (Å²) < 4.78 is 0. The van der Waals surface area contributed by atoms with Gasteiger partial charge in [-0.1, -0.05) is 11.3 Å². The molecule has 0 saturated carbocycles. The fraction of sp³-hybridized carbons (Fsp3) is 0.556. The fourth-order valence-electron chi connectivity index (χ4n) is 1.59. The lowest BCUT2D eigenvalue weighted by atomic mass is 10.1. The van der Waals surface area contributed by atoms with Gasteiger partial charge in [-0.2, -0.15) is 0 Å². The summed E-state index contributed by atoms with van der Waals surface area (Å²) in [5.74, 6) is 0. The maximum Gasteiger partial charge on any atom is 0.178 e. The Labute approximate surface area is 81.4 Å². The molecule has 0 spiro atoms. The summed E-state index contributed by atoms with van der Waals surface area (Å²) >= 11 is 1.49. The number of nitrogens with zero attached hydrogens (tertiary/aromatic N) is 2. The Kier molecular flexibility index (Phi) is 2.59. The summed E-state index contributed by atoms with van der Waals surface area (Å²) in [5.41, 5.74) is 0. The molecule has 1 fully saturated rings. The summed E-state index contributed by atoms with van der Waals surface area (Å²) in [6.45, 7) is 2.22. The Hall–Kier alpha value is -0.900. The normalized spacial score (nSPS) is 17.4. The van der Waals surface area contributed by atoms with Crippen LogP contribution < -0.4 is 4.90 Å². The molecule has 1 aromatic heterocycles. The molecule has 0 aromatic carbocycles. The summed E-state index contributed by atoms with van der Waals surface area (Å²) in [7, 11) is 0. The molecule has 1 aromatic rings. The smallest absolute Gasteiger partial charge is 0.178 e. The highest BCUT2D eigenvalue weighted by Crippen LogP contribution is 2.25. The van der Waals surface area contributed by atoms with E-state index in [0.717, 1.165) is 24.4 Å². The van der Waals surface area contributed by atoms with E-state index in [-0.39, 0.29) is 0 Å². The lowest BCUT2D eigenvalue weighted by molar-refractivity contribution is 0.112. The van der Waals surface area contributed by atoms with Gasteiger partial charge in [-0.05, 0) is 19.3 Å². The first-order valence-corrected chi connectivity index (χ1v) is 5.38. The lowest BCUT2D eigenvalue weighted by Crippen LogP contribution is -2.28. The van der Waals surface area contributed by atoms with Crippen molar-refractivity contribution < 1.29 is 4.79 Å². The molecule has 0 atom stereocenters. The van der Waals surface area contributed by atoms with E-state index in [0.29, 0.717) is 5.01 Å². The second-order valence-corrected chi connectivity index (χ2v) is 4.24. The van der Waals surface area contributed by atoms with Crippen molar-refractivity contribution in [3.05, 3.63) is 11.2 Å². The molecule has 2 rings (SSSR count). The highest BCUT2D eigenvalue weighted by Gasteiger charge is 2.13. The van der Waals surface area contributed by atoms with E-state index < -0.39 is 0 Å². The van der Waals surface area contributed by atoms with E-state index in [1.165, 1.54) is 30.6 Å². The van der Waals surface area contributed by atoms with Crippen molar-refractivity contribution in [2.45, 2.75) is 19.3 Å². The minimum Gasteiger partial charge on any atom is -0.362 e. The van der Waals surface area contributed by atoms with E-state index in [9.17, 15) is 4.79 Å². The van der Waals surface area contributed by atoms with E-state index in [1.807, 2.05) is 0 Å².